The van der Waals surface area contributed by atoms with Gasteiger partial charge in [-0.1, -0.05) is 0 Å². The van der Waals surface area contributed by atoms with Crippen molar-refractivity contribution >= 4 is 12.1 Å². The standard InChI is InChI=1S/C12H10N4O2/c1-8-15-11(6-13)12(18-8)16-14-7-9-2-4-10(17)5-3-9/h2-5,7,16-17H,1H3. The van der Waals surface area contributed by atoms with Crippen LogP contribution in [0, 0.1) is 18.3 Å². The topological polar surface area (TPSA) is 94.4 Å². The number of phenols is 1. The van der Waals surface area contributed by atoms with Gasteiger partial charge in [0.15, 0.2) is 5.89 Å². The summed E-state index contributed by atoms with van der Waals surface area (Å²) in [5, 5.41) is 21.8. The van der Waals surface area contributed by atoms with E-state index in [1.807, 2.05) is 6.07 Å². The van der Waals surface area contributed by atoms with Gasteiger partial charge in [0.1, 0.15) is 11.8 Å². The largest absolute Gasteiger partial charge is 0.508 e. The van der Waals surface area contributed by atoms with E-state index >= 15 is 0 Å². The molecule has 1 heterocycles. The predicted molar refractivity (Wildman–Crippen MR) is 65.3 cm³/mol. The molecule has 0 aliphatic carbocycles. The van der Waals surface area contributed by atoms with E-state index in [-0.39, 0.29) is 17.3 Å². The smallest absolute Gasteiger partial charge is 0.252 e. The average molecular weight is 242 g/mol. The number of anilines is 1. The first-order chi connectivity index (χ1) is 8.69. The van der Waals surface area contributed by atoms with Crippen molar-refractivity contribution in [3.63, 3.8) is 0 Å². The van der Waals surface area contributed by atoms with E-state index in [1.165, 1.54) is 0 Å². The molecular weight excluding hydrogens is 232 g/mol. The third-order valence-corrected chi connectivity index (χ3v) is 2.11. The van der Waals surface area contributed by atoms with E-state index in [1.54, 1.807) is 37.4 Å². The van der Waals surface area contributed by atoms with Gasteiger partial charge in [0, 0.05) is 6.92 Å². The Labute approximate surface area is 103 Å². The number of rotatable bonds is 3. The number of phenolic OH excluding ortho intramolecular Hbond substituents is 1. The van der Waals surface area contributed by atoms with Crippen LogP contribution in [0.5, 0.6) is 5.75 Å². The highest BCUT2D eigenvalue weighted by molar-refractivity contribution is 5.80. The maximum Gasteiger partial charge on any atom is 0.252 e. The molecule has 1 aromatic carbocycles. The van der Waals surface area contributed by atoms with Gasteiger partial charge in [-0.3, -0.25) is 0 Å². The van der Waals surface area contributed by atoms with E-state index in [0.29, 0.717) is 5.89 Å². The molecule has 0 saturated carbocycles. The van der Waals surface area contributed by atoms with Gasteiger partial charge >= 0.3 is 0 Å². The molecule has 2 rings (SSSR count). The molecule has 18 heavy (non-hydrogen) atoms. The minimum absolute atomic E-state index is 0.162. The fourth-order valence-corrected chi connectivity index (χ4v) is 1.30. The number of hydrazone groups is 1. The molecule has 0 unspecified atom stereocenters. The van der Waals surface area contributed by atoms with Gasteiger partial charge < -0.3 is 9.52 Å². The van der Waals surface area contributed by atoms with Gasteiger partial charge in [0.2, 0.25) is 5.69 Å². The monoisotopic (exact) mass is 242 g/mol. The zero-order valence-corrected chi connectivity index (χ0v) is 9.58. The highest BCUT2D eigenvalue weighted by atomic mass is 16.4. The summed E-state index contributed by atoms with van der Waals surface area (Å²) < 4.78 is 5.16. The summed E-state index contributed by atoms with van der Waals surface area (Å²) >= 11 is 0. The number of aryl methyl sites for hydroxylation is 1. The normalized spacial score (nSPS) is 10.4. The van der Waals surface area contributed by atoms with E-state index in [4.69, 9.17) is 14.8 Å². The molecular formula is C12H10N4O2. The number of nitrogens with zero attached hydrogens (tertiary/aromatic N) is 3. The first-order valence-electron chi connectivity index (χ1n) is 5.14. The van der Waals surface area contributed by atoms with Crippen molar-refractivity contribution in [1.29, 1.82) is 5.26 Å². The molecule has 2 N–H and O–H groups in total. The lowest BCUT2D eigenvalue weighted by atomic mass is 10.2. The summed E-state index contributed by atoms with van der Waals surface area (Å²) in [6, 6.07) is 8.42. The third-order valence-electron chi connectivity index (χ3n) is 2.11. The Bertz CT molecular complexity index is 608. The van der Waals surface area contributed by atoms with E-state index < -0.39 is 0 Å². The van der Waals surface area contributed by atoms with Crippen molar-refractivity contribution in [1.82, 2.24) is 4.98 Å². The van der Waals surface area contributed by atoms with Crippen molar-refractivity contribution < 1.29 is 9.52 Å². The minimum atomic E-state index is 0.162. The van der Waals surface area contributed by atoms with Gasteiger partial charge in [0.05, 0.1) is 6.21 Å². The summed E-state index contributed by atoms with van der Waals surface area (Å²) in [7, 11) is 0. The number of nitriles is 1. The molecule has 0 bridgehead atoms. The number of oxazole rings is 1. The SMILES string of the molecule is Cc1nc(C#N)c(NN=Cc2ccc(O)cc2)o1. The second-order valence-electron chi connectivity index (χ2n) is 3.48. The average Bonchev–Trinajstić information content (AvgIpc) is 2.72. The molecule has 0 saturated heterocycles. The van der Waals surface area contributed by atoms with Crippen LogP contribution in [0.25, 0.3) is 0 Å². The van der Waals surface area contributed by atoms with Crippen LogP contribution in [0.15, 0.2) is 33.8 Å². The molecule has 6 nitrogen and oxygen atoms in total. The van der Waals surface area contributed by atoms with Crippen molar-refractivity contribution in [3.8, 4) is 11.8 Å². The van der Waals surface area contributed by atoms with Gasteiger partial charge in [-0.25, -0.2) is 10.4 Å². The molecule has 1 aromatic heterocycles. The van der Waals surface area contributed by atoms with Crippen LogP contribution < -0.4 is 5.43 Å². The molecule has 0 aliphatic rings. The number of nitrogens with one attached hydrogen (secondary N) is 1. The summed E-state index contributed by atoms with van der Waals surface area (Å²) in [5.41, 5.74) is 3.57. The number of aromatic nitrogens is 1. The number of hydrogen-bond donors (Lipinski definition) is 2. The Balaban J connectivity index is 2.07. The number of benzene rings is 1. The lowest BCUT2D eigenvalue weighted by Gasteiger charge is -1.95. The van der Waals surface area contributed by atoms with E-state index in [0.717, 1.165) is 5.56 Å². The fourth-order valence-electron chi connectivity index (χ4n) is 1.30. The zero-order chi connectivity index (χ0) is 13.0. The van der Waals surface area contributed by atoms with Crippen molar-refractivity contribution in [2.75, 3.05) is 5.43 Å². The number of hydrogen-bond acceptors (Lipinski definition) is 6. The Morgan fingerprint density at radius 3 is 2.83 bits per heavy atom. The van der Waals surface area contributed by atoms with Crippen LogP contribution in [-0.4, -0.2) is 16.3 Å². The summed E-state index contributed by atoms with van der Waals surface area (Å²) in [6.07, 6.45) is 1.54. The van der Waals surface area contributed by atoms with Crippen molar-refractivity contribution in [3.05, 3.63) is 41.4 Å². The van der Waals surface area contributed by atoms with Crippen molar-refractivity contribution in [2.24, 2.45) is 5.10 Å². The van der Waals surface area contributed by atoms with E-state index in [9.17, 15) is 0 Å². The first-order valence-corrected chi connectivity index (χ1v) is 5.14. The lowest BCUT2D eigenvalue weighted by Crippen LogP contribution is -1.91. The molecule has 0 radical (unpaired) electrons. The highest BCUT2D eigenvalue weighted by Gasteiger charge is 2.08. The van der Waals surface area contributed by atoms with Crippen LogP contribution >= 0.6 is 0 Å². The van der Waals surface area contributed by atoms with Crippen LogP contribution in [0.1, 0.15) is 17.1 Å². The lowest BCUT2D eigenvalue weighted by molar-refractivity contribution is 0.475. The van der Waals surface area contributed by atoms with Gasteiger partial charge in [-0.2, -0.15) is 10.4 Å². The minimum Gasteiger partial charge on any atom is -0.508 e. The van der Waals surface area contributed by atoms with Gasteiger partial charge in [-0.05, 0) is 29.8 Å². The fraction of sp³-hybridized carbons (Fsp3) is 0.0833. The highest BCUT2D eigenvalue weighted by Crippen LogP contribution is 2.15. The summed E-state index contributed by atoms with van der Waals surface area (Å²) in [4.78, 5) is 3.87. The molecule has 6 heteroatoms. The van der Waals surface area contributed by atoms with Crippen LogP contribution in [0.3, 0.4) is 0 Å². The zero-order valence-electron chi connectivity index (χ0n) is 9.58. The maximum absolute atomic E-state index is 9.11. The molecule has 0 amide bonds. The number of aromatic hydroxyl groups is 1. The second-order valence-corrected chi connectivity index (χ2v) is 3.48. The maximum atomic E-state index is 9.11. The quantitative estimate of drug-likeness (QED) is 0.634. The summed E-state index contributed by atoms with van der Waals surface area (Å²) in [5.74, 6) is 0.802. The molecule has 0 atom stereocenters. The van der Waals surface area contributed by atoms with Gasteiger partial charge in [0.25, 0.3) is 5.88 Å². The molecule has 0 fully saturated rings. The van der Waals surface area contributed by atoms with Crippen molar-refractivity contribution in [2.45, 2.75) is 6.92 Å². The summed E-state index contributed by atoms with van der Waals surface area (Å²) in [6.45, 7) is 1.65. The second kappa shape index (κ2) is 5.01. The van der Waals surface area contributed by atoms with E-state index in [2.05, 4.69) is 15.5 Å². The molecule has 90 valence electrons. The Hall–Kier alpha value is -2.81. The van der Waals surface area contributed by atoms with Crippen LogP contribution in [-0.2, 0) is 0 Å². The third kappa shape index (κ3) is 2.65. The van der Waals surface area contributed by atoms with Crippen LogP contribution in [0.2, 0.25) is 0 Å². The Kier molecular flexibility index (Phi) is 3.25. The Morgan fingerprint density at radius 2 is 2.17 bits per heavy atom. The van der Waals surface area contributed by atoms with Crippen LogP contribution in [0.4, 0.5) is 5.88 Å². The predicted octanol–water partition coefficient (Wildman–Crippen LogP) is 2.01. The first kappa shape index (κ1) is 11.7. The molecule has 2 aromatic rings. The van der Waals surface area contributed by atoms with Gasteiger partial charge in [-0.15, -0.1) is 0 Å². The molecule has 0 spiro atoms. The molecule has 0 aliphatic heterocycles. The Morgan fingerprint density at radius 1 is 1.44 bits per heavy atom.